The fourth-order valence-electron chi connectivity index (χ4n) is 2.58. The summed E-state index contributed by atoms with van der Waals surface area (Å²) in [5.41, 5.74) is 7.38. The van der Waals surface area contributed by atoms with Crippen LogP contribution in [0.5, 0.6) is 5.75 Å². The molecule has 0 bridgehead atoms. The highest BCUT2D eigenvalue weighted by atomic mass is 16.5. The first kappa shape index (κ1) is 12.4. The first-order valence-electron chi connectivity index (χ1n) is 6.25. The number of rotatable bonds is 5. The molecule has 0 amide bonds. The molecule has 1 aromatic rings. The predicted molar refractivity (Wildman–Crippen MR) is 70.1 cm³/mol. The summed E-state index contributed by atoms with van der Waals surface area (Å²) in [6, 6.07) is 8.20. The van der Waals surface area contributed by atoms with Crippen LogP contribution in [0.3, 0.4) is 0 Å². The predicted octanol–water partition coefficient (Wildman–Crippen LogP) is 2.01. The van der Waals surface area contributed by atoms with Crippen LogP contribution < -0.4 is 10.5 Å². The highest BCUT2D eigenvalue weighted by Crippen LogP contribution is 2.37. The molecular formula is C14H22N2O. The molecule has 0 atom stereocenters. The van der Waals surface area contributed by atoms with E-state index in [0.29, 0.717) is 0 Å². The Morgan fingerprint density at radius 3 is 2.59 bits per heavy atom. The molecule has 0 aliphatic heterocycles. The molecule has 0 unspecified atom stereocenters. The average molecular weight is 234 g/mol. The Balaban J connectivity index is 2.09. The molecule has 2 rings (SSSR count). The number of hydrogen-bond donors (Lipinski definition) is 1. The van der Waals surface area contributed by atoms with Crippen molar-refractivity contribution < 1.29 is 4.74 Å². The van der Waals surface area contributed by atoms with E-state index in [-0.39, 0.29) is 5.54 Å². The van der Waals surface area contributed by atoms with Crippen LogP contribution in [0.4, 0.5) is 0 Å². The summed E-state index contributed by atoms with van der Waals surface area (Å²) in [6.45, 7) is 1.65. The van der Waals surface area contributed by atoms with Crippen LogP contribution >= 0.6 is 0 Å². The third-order valence-electron chi connectivity index (χ3n) is 4.07. The number of nitrogens with zero attached hydrogens (tertiary/aromatic N) is 1. The molecule has 1 aromatic carbocycles. The van der Waals surface area contributed by atoms with Gasteiger partial charge in [0.15, 0.2) is 0 Å². The highest BCUT2D eigenvalue weighted by molar-refractivity contribution is 5.33. The lowest BCUT2D eigenvalue weighted by Crippen LogP contribution is -2.56. The summed E-state index contributed by atoms with van der Waals surface area (Å²) < 4.78 is 5.39. The fraction of sp³-hybridized carbons (Fsp3) is 0.571. The van der Waals surface area contributed by atoms with Gasteiger partial charge in [0.2, 0.25) is 0 Å². The Morgan fingerprint density at radius 1 is 1.35 bits per heavy atom. The lowest BCUT2D eigenvalue weighted by Gasteiger charge is -2.48. The van der Waals surface area contributed by atoms with Crippen LogP contribution in [-0.4, -0.2) is 31.1 Å². The number of nitrogens with two attached hydrogens (primary N) is 1. The Morgan fingerprint density at radius 2 is 2.06 bits per heavy atom. The summed E-state index contributed by atoms with van der Waals surface area (Å²) in [4.78, 5) is 2.38. The number of methoxy groups -OCH3 is 1. The van der Waals surface area contributed by atoms with Crippen LogP contribution in [0, 0.1) is 0 Å². The van der Waals surface area contributed by atoms with E-state index in [4.69, 9.17) is 10.5 Å². The van der Waals surface area contributed by atoms with Gasteiger partial charge in [0.25, 0.3) is 0 Å². The monoisotopic (exact) mass is 234 g/mol. The number of hydrogen-bond acceptors (Lipinski definition) is 3. The van der Waals surface area contributed by atoms with Gasteiger partial charge in [-0.2, -0.15) is 0 Å². The quantitative estimate of drug-likeness (QED) is 0.847. The second-order valence-corrected chi connectivity index (χ2v) is 4.95. The van der Waals surface area contributed by atoms with Gasteiger partial charge < -0.3 is 10.5 Å². The summed E-state index contributed by atoms with van der Waals surface area (Å²) in [5, 5.41) is 0. The van der Waals surface area contributed by atoms with E-state index >= 15 is 0 Å². The van der Waals surface area contributed by atoms with Crippen LogP contribution in [0.25, 0.3) is 0 Å². The molecule has 17 heavy (non-hydrogen) atoms. The van der Waals surface area contributed by atoms with Gasteiger partial charge in [-0.3, -0.25) is 4.90 Å². The van der Waals surface area contributed by atoms with E-state index in [9.17, 15) is 0 Å². The van der Waals surface area contributed by atoms with Crippen molar-refractivity contribution in [3.05, 3.63) is 29.8 Å². The zero-order valence-electron chi connectivity index (χ0n) is 10.8. The number of ether oxygens (including phenoxy) is 1. The van der Waals surface area contributed by atoms with Crippen LogP contribution in [0.1, 0.15) is 24.8 Å². The molecule has 94 valence electrons. The molecular weight excluding hydrogens is 212 g/mol. The van der Waals surface area contributed by atoms with Crippen LogP contribution in [-0.2, 0) is 6.54 Å². The Hall–Kier alpha value is -1.06. The highest BCUT2D eigenvalue weighted by Gasteiger charge is 2.39. The van der Waals surface area contributed by atoms with Crippen molar-refractivity contribution in [2.24, 2.45) is 5.73 Å². The first-order chi connectivity index (χ1) is 8.22. The number of benzene rings is 1. The lowest BCUT2D eigenvalue weighted by molar-refractivity contribution is 0.0393. The standard InChI is InChI=1S/C14H22N2O/c1-16(14(11-15)8-5-9-14)10-12-6-3-4-7-13(12)17-2/h3-4,6-7H,5,8-11,15H2,1-2H3. The smallest absolute Gasteiger partial charge is 0.123 e. The largest absolute Gasteiger partial charge is 0.496 e. The minimum atomic E-state index is 0.223. The normalized spacial score (nSPS) is 17.9. The van der Waals surface area contributed by atoms with Crippen molar-refractivity contribution in [3.8, 4) is 5.75 Å². The van der Waals surface area contributed by atoms with Gasteiger partial charge in [0, 0.05) is 24.2 Å². The topological polar surface area (TPSA) is 38.5 Å². The van der Waals surface area contributed by atoms with E-state index in [1.54, 1.807) is 7.11 Å². The third-order valence-corrected chi connectivity index (χ3v) is 4.07. The van der Waals surface area contributed by atoms with Crippen molar-refractivity contribution >= 4 is 0 Å². The second kappa shape index (κ2) is 5.07. The summed E-state index contributed by atoms with van der Waals surface area (Å²) in [6.07, 6.45) is 3.73. The van der Waals surface area contributed by atoms with Gasteiger partial charge in [-0.15, -0.1) is 0 Å². The molecule has 0 saturated heterocycles. The van der Waals surface area contributed by atoms with Crippen molar-refractivity contribution in [1.29, 1.82) is 0 Å². The molecule has 0 radical (unpaired) electrons. The van der Waals surface area contributed by atoms with Crippen molar-refractivity contribution in [3.63, 3.8) is 0 Å². The molecule has 0 spiro atoms. The van der Waals surface area contributed by atoms with Gasteiger partial charge in [0.05, 0.1) is 7.11 Å². The Bertz CT molecular complexity index is 369. The molecule has 1 saturated carbocycles. The Labute approximate surface area is 104 Å². The van der Waals surface area contributed by atoms with Gasteiger partial charge in [-0.05, 0) is 32.4 Å². The van der Waals surface area contributed by atoms with Gasteiger partial charge in [0.1, 0.15) is 5.75 Å². The van der Waals surface area contributed by atoms with Crippen molar-refractivity contribution in [2.75, 3.05) is 20.7 Å². The van der Waals surface area contributed by atoms with E-state index in [0.717, 1.165) is 18.8 Å². The SMILES string of the molecule is COc1ccccc1CN(C)C1(CN)CCC1. The maximum atomic E-state index is 5.92. The minimum absolute atomic E-state index is 0.223. The molecule has 0 heterocycles. The molecule has 0 aromatic heterocycles. The summed E-state index contributed by atoms with van der Waals surface area (Å²) in [5.74, 6) is 0.964. The van der Waals surface area contributed by atoms with Gasteiger partial charge >= 0.3 is 0 Å². The average Bonchev–Trinajstić information content (AvgIpc) is 2.29. The number of likely N-dealkylation sites (N-methyl/N-ethyl adjacent to an activating group) is 1. The van der Waals surface area contributed by atoms with Crippen molar-refractivity contribution in [2.45, 2.75) is 31.3 Å². The zero-order chi connectivity index (χ0) is 12.3. The minimum Gasteiger partial charge on any atom is -0.496 e. The summed E-state index contributed by atoms with van der Waals surface area (Å²) >= 11 is 0. The third kappa shape index (κ3) is 2.31. The molecule has 3 nitrogen and oxygen atoms in total. The number of para-hydroxylation sites is 1. The van der Waals surface area contributed by atoms with Gasteiger partial charge in [-0.25, -0.2) is 0 Å². The molecule has 1 aliphatic carbocycles. The van der Waals surface area contributed by atoms with E-state index in [2.05, 4.69) is 24.1 Å². The van der Waals surface area contributed by atoms with Crippen LogP contribution in [0.15, 0.2) is 24.3 Å². The second-order valence-electron chi connectivity index (χ2n) is 4.95. The van der Waals surface area contributed by atoms with E-state index < -0.39 is 0 Å². The Kier molecular flexibility index (Phi) is 3.69. The van der Waals surface area contributed by atoms with Crippen molar-refractivity contribution in [1.82, 2.24) is 4.90 Å². The lowest BCUT2D eigenvalue weighted by atomic mass is 9.75. The summed E-state index contributed by atoms with van der Waals surface area (Å²) in [7, 11) is 3.89. The van der Waals surface area contributed by atoms with E-state index in [1.165, 1.54) is 24.8 Å². The molecule has 1 fully saturated rings. The van der Waals surface area contributed by atoms with E-state index in [1.807, 2.05) is 12.1 Å². The van der Waals surface area contributed by atoms with Crippen LogP contribution in [0.2, 0.25) is 0 Å². The molecule has 3 heteroatoms. The zero-order valence-corrected chi connectivity index (χ0v) is 10.8. The first-order valence-corrected chi connectivity index (χ1v) is 6.25. The maximum absolute atomic E-state index is 5.92. The van der Waals surface area contributed by atoms with Gasteiger partial charge in [-0.1, -0.05) is 18.2 Å². The molecule has 1 aliphatic rings. The fourth-order valence-corrected chi connectivity index (χ4v) is 2.58. The molecule has 2 N–H and O–H groups in total. The maximum Gasteiger partial charge on any atom is 0.123 e.